The van der Waals surface area contributed by atoms with Crippen molar-refractivity contribution in [1.82, 2.24) is 0 Å². The van der Waals surface area contributed by atoms with Crippen LogP contribution in [0.25, 0.3) is 0 Å². The molecule has 1 atom stereocenters. The SMILES string of the molecule is O=C(C[C@@]1(O)C(=O)Nc2cc(Cl)cc(Cl)c21)c1cccc(Br)c1. The zero-order valence-electron chi connectivity index (χ0n) is 11.6. The summed E-state index contributed by atoms with van der Waals surface area (Å²) in [7, 11) is 0. The molecule has 0 bridgehead atoms. The fourth-order valence-corrected chi connectivity index (χ4v) is 3.65. The van der Waals surface area contributed by atoms with Gasteiger partial charge in [0.15, 0.2) is 11.4 Å². The zero-order chi connectivity index (χ0) is 16.8. The molecule has 4 nitrogen and oxygen atoms in total. The molecule has 0 radical (unpaired) electrons. The number of Topliss-reactive ketones (excluding diaryl/α,β-unsaturated/α-hetero) is 1. The molecule has 1 heterocycles. The predicted molar refractivity (Wildman–Crippen MR) is 92.1 cm³/mol. The Kier molecular flexibility index (Phi) is 4.23. The van der Waals surface area contributed by atoms with Gasteiger partial charge >= 0.3 is 0 Å². The van der Waals surface area contributed by atoms with E-state index in [1.807, 2.05) is 0 Å². The van der Waals surface area contributed by atoms with Gasteiger partial charge in [0.1, 0.15) is 0 Å². The largest absolute Gasteiger partial charge is 0.375 e. The van der Waals surface area contributed by atoms with Gasteiger partial charge in [0.2, 0.25) is 0 Å². The number of aliphatic hydroxyl groups is 1. The summed E-state index contributed by atoms with van der Waals surface area (Å²) in [4.78, 5) is 24.7. The van der Waals surface area contributed by atoms with Crippen LogP contribution in [0.2, 0.25) is 10.0 Å². The van der Waals surface area contributed by atoms with Gasteiger partial charge in [-0.15, -0.1) is 0 Å². The van der Waals surface area contributed by atoms with Gasteiger partial charge in [-0.25, -0.2) is 0 Å². The highest BCUT2D eigenvalue weighted by atomic mass is 79.9. The van der Waals surface area contributed by atoms with Crippen LogP contribution in [0, 0.1) is 0 Å². The van der Waals surface area contributed by atoms with Gasteiger partial charge in [0.05, 0.1) is 17.1 Å². The van der Waals surface area contributed by atoms with Crippen molar-refractivity contribution in [3.8, 4) is 0 Å². The summed E-state index contributed by atoms with van der Waals surface area (Å²) in [6, 6.07) is 9.65. The lowest BCUT2D eigenvalue weighted by Crippen LogP contribution is -2.36. The van der Waals surface area contributed by atoms with Crippen molar-refractivity contribution in [2.45, 2.75) is 12.0 Å². The summed E-state index contributed by atoms with van der Waals surface area (Å²) in [5.74, 6) is -1.07. The Balaban J connectivity index is 2.00. The first-order valence-corrected chi connectivity index (χ1v) is 8.18. The van der Waals surface area contributed by atoms with Gasteiger partial charge in [-0.05, 0) is 24.3 Å². The van der Waals surface area contributed by atoms with Crippen molar-refractivity contribution in [3.05, 3.63) is 62.0 Å². The molecule has 0 saturated heterocycles. The first-order chi connectivity index (χ1) is 10.8. The van der Waals surface area contributed by atoms with E-state index in [-0.39, 0.29) is 16.4 Å². The number of hydrogen-bond donors (Lipinski definition) is 2. The summed E-state index contributed by atoms with van der Waals surface area (Å²) in [5.41, 5.74) is -1.13. The lowest BCUT2D eigenvalue weighted by Gasteiger charge is -2.21. The lowest BCUT2D eigenvalue weighted by molar-refractivity contribution is -0.133. The zero-order valence-corrected chi connectivity index (χ0v) is 14.7. The second-order valence-corrected chi connectivity index (χ2v) is 6.99. The maximum atomic E-state index is 12.5. The summed E-state index contributed by atoms with van der Waals surface area (Å²) in [5, 5.41) is 13.8. The molecule has 118 valence electrons. The van der Waals surface area contributed by atoms with Gasteiger partial charge in [-0.1, -0.05) is 51.3 Å². The molecule has 0 unspecified atom stereocenters. The van der Waals surface area contributed by atoms with Crippen LogP contribution in [0.1, 0.15) is 22.3 Å². The second kappa shape index (κ2) is 5.91. The van der Waals surface area contributed by atoms with Crippen LogP contribution in [0.3, 0.4) is 0 Å². The van der Waals surface area contributed by atoms with E-state index in [9.17, 15) is 14.7 Å². The summed E-state index contributed by atoms with van der Waals surface area (Å²) < 4.78 is 0.733. The van der Waals surface area contributed by atoms with E-state index < -0.39 is 17.9 Å². The van der Waals surface area contributed by atoms with E-state index in [2.05, 4.69) is 21.2 Å². The number of amides is 1. The van der Waals surface area contributed by atoms with Gasteiger partial charge < -0.3 is 10.4 Å². The van der Waals surface area contributed by atoms with Crippen LogP contribution in [0.15, 0.2) is 40.9 Å². The number of fused-ring (bicyclic) bond motifs is 1. The highest BCUT2D eigenvalue weighted by Crippen LogP contribution is 2.44. The third-order valence-corrected chi connectivity index (χ3v) is 4.66. The van der Waals surface area contributed by atoms with E-state index in [1.165, 1.54) is 12.1 Å². The molecule has 0 aromatic heterocycles. The number of halogens is 3. The molecule has 0 aliphatic carbocycles. The molecule has 2 aromatic carbocycles. The molecule has 1 aliphatic heterocycles. The Bertz CT molecular complexity index is 840. The first-order valence-electron chi connectivity index (χ1n) is 6.63. The van der Waals surface area contributed by atoms with Crippen molar-refractivity contribution in [2.24, 2.45) is 0 Å². The van der Waals surface area contributed by atoms with Crippen molar-refractivity contribution < 1.29 is 14.7 Å². The third-order valence-electron chi connectivity index (χ3n) is 3.66. The molecular formula is C16H10BrCl2NO3. The number of rotatable bonds is 3. The van der Waals surface area contributed by atoms with Crippen LogP contribution in [-0.4, -0.2) is 16.8 Å². The van der Waals surface area contributed by atoms with Crippen LogP contribution in [0.5, 0.6) is 0 Å². The summed E-state index contributed by atoms with van der Waals surface area (Å²) >= 11 is 15.3. The standard InChI is InChI=1S/C16H10BrCl2NO3/c17-9-3-1-2-8(4-9)13(21)7-16(23)14-11(19)5-10(18)6-12(14)20-15(16)22/h1-6,23H,7H2,(H,20,22)/t16-/m0/s1. The minimum absolute atomic E-state index is 0.135. The first kappa shape index (κ1) is 16.5. The quantitative estimate of drug-likeness (QED) is 0.740. The highest BCUT2D eigenvalue weighted by Gasteiger charge is 2.48. The van der Waals surface area contributed by atoms with Crippen molar-refractivity contribution >= 4 is 56.5 Å². The summed E-state index contributed by atoms with van der Waals surface area (Å²) in [6.07, 6.45) is -0.413. The average molecular weight is 415 g/mol. The van der Waals surface area contributed by atoms with E-state index in [1.54, 1.807) is 24.3 Å². The number of anilines is 1. The van der Waals surface area contributed by atoms with Gasteiger partial charge in [0.25, 0.3) is 5.91 Å². The highest BCUT2D eigenvalue weighted by molar-refractivity contribution is 9.10. The Labute approximate surface area is 150 Å². The lowest BCUT2D eigenvalue weighted by atomic mass is 9.88. The molecule has 3 rings (SSSR count). The van der Waals surface area contributed by atoms with Crippen molar-refractivity contribution in [2.75, 3.05) is 5.32 Å². The maximum Gasteiger partial charge on any atom is 0.261 e. The molecule has 2 N–H and O–H groups in total. The Morgan fingerprint density at radius 2 is 2.00 bits per heavy atom. The van der Waals surface area contributed by atoms with E-state index in [0.717, 1.165) is 4.47 Å². The molecule has 1 aliphatic rings. The molecule has 1 amide bonds. The molecule has 0 saturated carbocycles. The number of carbonyl (C=O) groups is 2. The van der Waals surface area contributed by atoms with Gasteiger partial charge in [-0.3, -0.25) is 9.59 Å². The number of ketones is 1. The van der Waals surface area contributed by atoms with Gasteiger partial charge in [-0.2, -0.15) is 0 Å². The fourth-order valence-electron chi connectivity index (χ4n) is 2.60. The topological polar surface area (TPSA) is 66.4 Å². The van der Waals surface area contributed by atoms with Crippen LogP contribution in [0.4, 0.5) is 5.69 Å². The smallest absolute Gasteiger partial charge is 0.261 e. The number of nitrogens with one attached hydrogen (secondary N) is 1. The number of carbonyl (C=O) groups excluding carboxylic acids is 2. The Morgan fingerprint density at radius 3 is 2.70 bits per heavy atom. The van der Waals surface area contributed by atoms with E-state index in [4.69, 9.17) is 23.2 Å². The second-order valence-electron chi connectivity index (χ2n) is 5.23. The Hall–Kier alpha value is -1.40. The normalized spacial score (nSPS) is 19.4. The van der Waals surface area contributed by atoms with E-state index >= 15 is 0 Å². The minimum atomic E-state index is -2.02. The monoisotopic (exact) mass is 413 g/mol. The van der Waals surface area contributed by atoms with Gasteiger partial charge in [0, 0.05) is 20.6 Å². The average Bonchev–Trinajstić information content (AvgIpc) is 2.69. The van der Waals surface area contributed by atoms with Crippen molar-refractivity contribution in [1.29, 1.82) is 0 Å². The predicted octanol–water partition coefficient (Wildman–Crippen LogP) is 4.17. The summed E-state index contributed by atoms with van der Waals surface area (Å²) in [6.45, 7) is 0. The fraction of sp³-hybridized carbons (Fsp3) is 0.125. The molecular weight excluding hydrogens is 405 g/mol. The van der Waals surface area contributed by atoms with Crippen molar-refractivity contribution in [3.63, 3.8) is 0 Å². The minimum Gasteiger partial charge on any atom is -0.375 e. The number of benzene rings is 2. The van der Waals surface area contributed by atoms with Crippen LogP contribution >= 0.6 is 39.1 Å². The maximum absolute atomic E-state index is 12.5. The van der Waals surface area contributed by atoms with E-state index in [0.29, 0.717) is 16.3 Å². The Morgan fingerprint density at radius 1 is 1.26 bits per heavy atom. The third kappa shape index (κ3) is 2.90. The van der Waals surface area contributed by atoms with Crippen LogP contribution < -0.4 is 5.32 Å². The molecule has 0 spiro atoms. The molecule has 0 fully saturated rings. The van der Waals surface area contributed by atoms with Crippen LogP contribution in [-0.2, 0) is 10.4 Å². The molecule has 2 aromatic rings. The molecule has 7 heteroatoms. The molecule has 23 heavy (non-hydrogen) atoms. The number of hydrogen-bond acceptors (Lipinski definition) is 3.